The van der Waals surface area contributed by atoms with Crippen LogP contribution in [0.3, 0.4) is 0 Å². The van der Waals surface area contributed by atoms with Crippen molar-refractivity contribution in [2.75, 3.05) is 16.5 Å². The van der Waals surface area contributed by atoms with E-state index in [9.17, 15) is 0 Å². The number of hydrogen-bond donors (Lipinski definition) is 0. The first kappa shape index (κ1) is 35.9. The minimum absolute atomic E-state index is 0.00214. The van der Waals surface area contributed by atoms with Crippen molar-refractivity contribution in [2.45, 2.75) is 68.7 Å². The predicted molar refractivity (Wildman–Crippen MR) is 238 cm³/mol. The van der Waals surface area contributed by atoms with Crippen molar-refractivity contribution in [3.8, 4) is 16.9 Å². The van der Waals surface area contributed by atoms with Crippen molar-refractivity contribution in [3.05, 3.63) is 175 Å². The zero-order valence-corrected chi connectivity index (χ0v) is 33.9. The van der Waals surface area contributed by atoms with Crippen molar-refractivity contribution in [3.63, 3.8) is 0 Å². The first-order valence-corrected chi connectivity index (χ1v) is 20.4. The van der Waals surface area contributed by atoms with Crippen LogP contribution in [-0.4, -0.2) is 16.2 Å². The van der Waals surface area contributed by atoms with Crippen LogP contribution in [0.5, 0.6) is 0 Å². The smallest absolute Gasteiger partial charge is 0.137 e. The summed E-state index contributed by atoms with van der Waals surface area (Å²) in [5.74, 6) is 0.941. The van der Waals surface area contributed by atoms with E-state index in [0.717, 1.165) is 30.1 Å². The first-order valence-electron chi connectivity index (χ1n) is 19.6. The molecular formula is C51H48N4S. The second kappa shape index (κ2) is 14.1. The average molecular weight is 749 g/mol. The molecule has 278 valence electrons. The second-order valence-corrected chi connectivity index (χ2v) is 18.2. The molecule has 0 saturated heterocycles. The molecule has 4 nitrogen and oxygen atoms in total. The molecule has 0 bridgehead atoms. The maximum Gasteiger partial charge on any atom is 0.137 e. The molecule has 0 N–H and O–H groups in total. The van der Waals surface area contributed by atoms with Crippen LogP contribution >= 0.6 is 11.8 Å². The molecule has 0 fully saturated rings. The van der Waals surface area contributed by atoms with Crippen LogP contribution < -0.4 is 9.80 Å². The van der Waals surface area contributed by atoms with Crippen molar-refractivity contribution in [1.29, 1.82) is 0 Å². The number of nitrogens with zero attached hydrogens (tertiary/aromatic N) is 4. The number of benzene rings is 6. The third-order valence-electron chi connectivity index (χ3n) is 11.0. The third kappa shape index (κ3) is 6.86. The van der Waals surface area contributed by atoms with E-state index in [0.29, 0.717) is 0 Å². The zero-order chi connectivity index (χ0) is 38.6. The Hall–Kier alpha value is -5.78. The van der Waals surface area contributed by atoms with E-state index in [1.165, 1.54) is 65.4 Å². The number of aromatic nitrogens is 2. The van der Waals surface area contributed by atoms with Gasteiger partial charge in [0.05, 0.1) is 29.1 Å². The molecule has 8 aromatic rings. The molecule has 5 heteroatoms. The number of pyridine rings is 1. The summed E-state index contributed by atoms with van der Waals surface area (Å²) in [6.07, 6.45) is 1.96. The fourth-order valence-corrected chi connectivity index (χ4v) is 8.88. The highest BCUT2D eigenvalue weighted by Gasteiger charge is 2.28. The molecule has 0 aliphatic carbocycles. The molecule has 0 radical (unpaired) electrons. The average Bonchev–Trinajstić information content (AvgIpc) is 3.73. The Balaban J connectivity index is 1.15. The van der Waals surface area contributed by atoms with Crippen LogP contribution in [0.1, 0.15) is 58.2 Å². The molecule has 0 atom stereocenters. The maximum atomic E-state index is 4.98. The molecule has 0 spiro atoms. The topological polar surface area (TPSA) is 24.3 Å². The number of anilines is 3. The number of fused-ring (bicyclic) bond motifs is 4. The summed E-state index contributed by atoms with van der Waals surface area (Å²) >= 11 is 1.84. The summed E-state index contributed by atoms with van der Waals surface area (Å²) in [5.41, 5.74) is 12.4. The zero-order valence-electron chi connectivity index (χ0n) is 33.1. The molecular weight excluding hydrogens is 701 g/mol. The number of rotatable bonds is 7. The van der Waals surface area contributed by atoms with Gasteiger partial charge in [-0.15, -0.1) is 0 Å². The molecule has 0 unspecified atom stereocenters. The summed E-state index contributed by atoms with van der Waals surface area (Å²) in [5, 5.41) is 2.45. The summed E-state index contributed by atoms with van der Waals surface area (Å²) < 4.78 is 2.36. The summed E-state index contributed by atoms with van der Waals surface area (Å²) in [6, 6.07) is 55.7. The molecule has 0 amide bonds. The minimum Gasteiger partial charge on any atom is -0.347 e. The largest absolute Gasteiger partial charge is 0.347 e. The molecule has 6 aromatic carbocycles. The summed E-state index contributed by atoms with van der Waals surface area (Å²) in [7, 11) is 0. The van der Waals surface area contributed by atoms with Gasteiger partial charge in [0.15, 0.2) is 0 Å². The first-order chi connectivity index (χ1) is 27.0. The van der Waals surface area contributed by atoms with Gasteiger partial charge in [0.2, 0.25) is 0 Å². The van der Waals surface area contributed by atoms with Gasteiger partial charge in [-0.3, -0.25) is 4.57 Å². The van der Waals surface area contributed by atoms with E-state index in [2.05, 4.69) is 208 Å². The van der Waals surface area contributed by atoms with E-state index in [-0.39, 0.29) is 10.8 Å². The molecule has 3 heterocycles. The SMILES string of the molecule is CC(C)(C)c1cc(Sc2ccc3c4cc(-c5ccccc5)ccc4n(-c4cc(C(C)(C)C)ccn4)c3c2)cc(N2CN(Cc3ccccc3)c3ccccc32)c1. The van der Waals surface area contributed by atoms with Gasteiger partial charge in [0.25, 0.3) is 0 Å². The Kier molecular flexibility index (Phi) is 9.01. The van der Waals surface area contributed by atoms with E-state index in [4.69, 9.17) is 4.98 Å². The monoisotopic (exact) mass is 748 g/mol. The maximum absolute atomic E-state index is 4.98. The van der Waals surface area contributed by atoms with Gasteiger partial charge in [-0.05, 0) is 105 Å². The number of para-hydroxylation sites is 2. The predicted octanol–water partition coefficient (Wildman–Crippen LogP) is 13.7. The molecule has 1 aliphatic heterocycles. The van der Waals surface area contributed by atoms with Gasteiger partial charge in [-0.2, -0.15) is 0 Å². The van der Waals surface area contributed by atoms with E-state index >= 15 is 0 Å². The normalized spacial score (nSPS) is 13.2. The van der Waals surface area contributed by atoms with Crippen molar-refractivity contribution in [2.24, 2.45) is 0 Å². The van der Waals surface area contributed by atoms with E-state index in [1.807, 2.05) is 18.0 Å². The lowest BCUT2D eigenvalue weighted by molar-refractivity contribution is 0.588. The van der Waals surface area contributed by atoms with Crippen LogP contribution in [-0.2, 0) is 17.4 Å². The highest BCUT2D eigenvalue weighted by atomic mass is 32.2. The fourth-order valence-electron chi connectivity index (χ4n) is 7.94. The Morgan fingerprint density at radius 2 is 1.27 bits per heavy atom. The Labute approximate surface area is 335 Å². The molecule has 9 rings (SSSR count). The van der Waals surface area contributed by atoms with E-state index in [1.54, 1.807) is 0 Å². The van der Waals surface area contributed by atoms with Crippen LogP contribution in [0, 0.1) is 0 Å². The van der Waals surface area contributed by atoms with Gasteiger partial charge >= 0.3 is 0 Å². The van der Waals surface area contributed by atoms with Crippen molar-refractivity contribution < 1.29 is 0 Å². The highest BCUT2D eigenvalue weighted by molar-refractivity contribution is 7.99. The minimum atomic E-state index is -0.0229. The third-order valence-corrected chi connectivity index (χ3v) is 12.0. The van der Waals surface area contributed by atoms with Crippen LogP contribution in [0.2, 0.25) is 0 Å². The quantitative estimate of drug-likeness (QED) is 0.162. The lowest BCUT2D eigenvalue weighted by Crippen LogP contribution is -2.27. The van der Waals surface area contributed by atoms with Crippen LogP contribution in [0.4, 0.5) is 17.1 Å². The highest BCUT2D eigenvalue weighted by Crippen LogP contribution is 2.45. The molecule has 2 aromatic heterocycles. The van der Waals surface area contributed by atoms with Gasteiger partial charge in [-0.25, -0.2) is 4.98 Å². The van der Waals surface area contributed by atoms with Gasteiger partial charge in [0.1, 0.15) is 5.82 Å². The van der Waals surface area contributed by atoms with Crippen LogP contribution in [0.25, 0.3) is 38.8 Å². The van der Waals surface area contributed by atoms with E-state index < -0.39 is 0 Å². The van der Waals surface area contributed by atoms with Crippen molar-refractivity contribution >= 4 is 50.6 Å². The Morgan fingerprint density at radius 1 is 0.554 bits per heavy atom. The lowest BCUT2D eigenvalue weighted by atomic mass is 9.87. The second-order valence-electron chi connectivity index (χ2n) is 17.1. The van der Waals surface area contributed by atoms with Crippen molar-refractivity contribution in [1.82, 2.24) is 9.55 Å². The summed E-state index contributed by atoms with van der Waals surface area (Å²) in [4.78, 5) is 12.4. The lowest BCUT2D eigenvalue weighted by Gasteiger charge is -2.26. The fraction of sp³-hybridized carbons (Fsp3) is 0.196. The number of hydrogen-bond acceptors (Lipinski definition) is 4. The van der Waals surface area contributed by atoms with Gasteiger partial charge in [-0.1, -0.05) is 138 Å². The summed E-state index contributed by atoms with van der Waals surface area (Å²) in [6.45, 7) is 15.4. The molecule has 1 aliphatic rings. The molecule has 56 heavy (non-hydrogen) atoms. The Bertz CT molecular complexity index is 2700. The Morgan fingerprint density at radius 3 is 2.02 bits per heavy atom. The molecule has 0 saturated carbocycles. The van der Waals surface area contributed by atoms with Gasteiger partial charge in [0, 0.05) is 39.0 Å². The van der Waals surface area contributed by atoms with Gasteiger partial charge < -0.3 is 9.80 Å². The van der Waals surface area contributed by atoms with Crippen LogP contribution in [0.15, 0.2) is 168 Å². The standard InChI is InChI=1S/C51H48N4S/c1-50(2,3)38-25-26-52-49(30-38)55-45-24-21-37(36-17-11-8-12-18-36)27-44(45)43-23-22-41(32-48(43)55)56-42-29-39(51(4,5)6)28-40(31-42)54-34-53(33-35-15-9-7-10-16-35)46-19-13-14-20-47(46)54/h7-32H,33-34H2,1-6H3.